The van der Waals surface area contributed by atoms with Gasteiger partial charge < -0.3 is 56.9 Å². The van der Waals surface area contributed by atoms with Crippen LogP contribution in [0.5, 0.6) is 0 Å². The third kappa shape index (κ3) is 37.6. The molecule has 0 heterocycles. The zero-order chi connectivity index (χ0) is 29.6. The molecule has 2 nitrogen and oxygen atoms in total. The van der Waals surface area contributed by atoms with Crippen LogP contribution in [0.3, 0.4) is 0 Å². The Morgan fingerprint density at radius 2 is 0.381 bits per heavy atom. The summed E-state index contributed by atoms with van der Waals surface area (Å²) < 4.78 is 2.47. The summed E-state index contributed by atoms with van der Waals surface area (Å²) in [4.78, 5) is 0. The minimum atomic E-state index is 0. The maximum absolute atomic E-state index is 2.47. The summed E-state index contributed by atoms with van der Waals surface area (Å²) in [5.74, 6) is 0. The van der Waals surface area contributed by atoms with Crippen LogP contribution in [0, 0.1) is 0 Å². The van der Waals surface area contributed by atoms with Crippen molar-refractivity contribution < 1.29 is 56.9 Å². The Balaban J connectivity index is -0.00000760. The van der Waals surface area contributed by atoms with Gasteiger partial charge in [-0.1, -0.05) is 142 Å². The standard InChI is InChI=1S/C38H82N2.2HI/c1-7-9-11-13-15-17-19-21-23-25-27-31-35-39(3,4)37-33-29-30-34-38-40(5,6)36-32-28-26-24-22-20-18-16-14-12-10-8-2;;/h7-38H2,1-6H3;2*1H/q+2;;/p-2. The number of rotatable bonds is 33. The fourth-order valence-corrected chi connectivity index (χ4v) is 6.42. The van der Waals surface area contributed by atoms with Crippen LogP contribution in [0.15, 0.2) is 0 Å². The molecule has 0 aromatic rings. The van der Waals surface area contributed by atoms with Crippen LogP contribution in [0.1, 0.15) is 194 Å². The van der Waals surface area contributed by atoms with E-state index in [1.54, 1.807) is 0 Å². The molecular weight excluding hydrogens is 738 g/mol. The predicted molar refractivity (Wildman–Crippen MR) is 184 cm³/mol. The van der Waals surface area contributed by atoms with Gasteiger partial charge in [0.05, 0.1) is 54.4 Å². The van der Waals surface area contributed by atoms with E-state index in [4.69, 9.17) is 0 Å². The highest BCUT2D eigenvalue weighted by molar-refractivity contribution is 4.51. The van der Waals surface area contributed by atoms with Crippen LogP contribution < -0.4 is 48.0 Å². The zero-order valence-electron chi connectivity index (χ0n) is 30.3. The Kier molecular flexibility index (Phi) is 40.1. The van der Waals surface area contributed by atoms with Crippen molar-refractivity contribution in [1.29, 1.82) is 0 Å². The summed E-state index contributed by atoms with van der Waals surface area (Å²) in [6.07, 6.45) is 40.6. The molecule has 0 radical (unpaired) electrons. The van der Waals surface area contributed by atoms with Crippen molar-refractivity contribution >= 4 is 0 Å². The van der Waals surface area contributed by atoms with Gasteiger partial charge in [0.2, 0.25) is 0 Å². The number of halogens is 2. The second kappa shape index (κ2) is 35.2. The first-order valence-corrected chi connectivity index (χ1v) is 19.0. The largest absolute Gasteiger partial charge is 1.00 e. The Hall–Kier alpha value is 1.38. The van der Waals surface area contributed by atoms with Crippen LogP contribution >= 0.6 is 0 Å². The average Bonchev–Trinajstić information content (AvgIpc) is 2.91. The van der Waals surface area contributed by atoms with Crippen LogP contribution in [-0.2, 0) is 0 Å². The van der Waals surface area contributed by atoms with Crippen molar-refractivity contribution in [2.24, 2.45) is 0 Å². The maximum atomic E-state index is 2.47. The van der Waals surface area contributed by atoms with Crippen molar-refractivity contribution in [3.63, 3.8) is 0 Å². The summed E-state index contributed by atoms with van der Waals surface area (Å²) in [6.45, 7) is 10.1. The van der Waals surface area contributed by atoms with Gasteiger partial charge in [-0.3, -0.25) is 0 Å². The lowest BCUT2D eigenvalue weighted by Gasteiger charge is -2.31. The average molecular weight is 821 g/mol. The van der Waals surface area contributed by atoms with Gasteiger partial charge in [-0.2, -0.15) is 0 Å². The van der Waals surface area contributed by atoms with Gasteiger partial charge in [-0.25, -0.2) is 0 Å². The summed E-state index contributed by atoms with van der Waals surface area (Å²) in [5.41, 5.74) is 0. The molecule has 258 valence electrons. The van der Waals surface area contributed by atoms with Crippen molar-refractivity contribution in [1.82, 2.24) is 0 Å². The van der Waals surface area contributed by atoms with Crippen molar-refractivity contribution in [3.05, 3.63) is 0 Å². The summed E-state index contributed by atoms with van der Waals surface area (Å²) in [6, 6.07) is 0. The van der Waals surface area contributed by atoms with Crippen LogP contribution in [0.4, 0.5) is 0 Å². The van der Waals surface area contributed by atoms with Gasteiger partial charge in [0.1, 0.15) is 0 Å². The van der Waals surface area contributed by atoms with E-state index in [1.165, 1.54) is 215 Å². The molecule has 4 heteroatoms. The molecule has 0 amide bonds. The number of hydrogen-bond donors (Lipinski definition) is 0. The molecule has 0 bridgehead atoms. The molecule has 0 unspecified atom stereocenters. The van der Waals surface area contributed by atoms with Gasteiger partial charge in [-0.15, -0.1) is 0 Å². The lowest BCUT2D eigenvalue weighted by Crippen LogP contribution is -3.00. The smallest absolute Gasteiger partial charge is 0.0782 e. The third-order valence-corrected chi connectivity index (χ3v) is 9.51. The normalized spacial score (nSPS) is 11.9. The molecular formula is C38H82I2N2. The van der Waals surface area contributed by atoms with Crippen LogP contribution in [0.25, 0.3) is 0 Å². The van der Waals surface area contributed by atoms with E-state index >= 15 is 0 Å². The van der Waals surface area contributed by atoms with E-state index in [1.807, 2.05) is 0 Å². The number of hydrogen-bond acceptors (Lipinski definition) is 0. The zero-order valence-corrected chi connectivity index (χ0v) is 34.6. The van der Waals surface area contributed by atoms with Gasteiger partial charge in [0, 0.05) is 0 Å². The number of quaternary nitrogens is 2. The first kappa shape index (κ1) is 47.8. The molecule has 0 aliphatic heterocycles. The first-order valence-electron chi connectivity index (χ1n) is 19.0. The fourth-order valence-electron chi connectivity index (χ4n) is 6.42. The SMILES string of the molecule is CCCCCCCCCCCCCC[N+](C)(C)CCCCCC[N+](C)(C)CCCCCCCCCCCCCC.[I-].[I-]. The Morgan fingerprint density at radius 1 is 0.238 bits per heavy atom. The number of unbranched alkanes of at least 4 members (excludes halogenated alkanes) is 25. The fraction of sp³-hybridized carbons (Fsp3) is 1.00. The second-order valence-electron chi connectivity index (χ2n) is 15.0. The predicted octanol–water partition coefficient (Wildman–Crippen LogP) is 6.11. The quantitative estimate of drug-likeness (QED) is 0.0427. The first-order chi connectivity index (χ1) is 19.3. The van der Waals surface area contributed by atoms with Crippen molar-refractivity contribution in [2.75, 3.05) is 54.4 Å². The molecule has 42 heavy (non-hydrogen) atoms. The van der Waals surface area contributed by atoms with E-state index in [-0.39, 0.29) is 48.0 Å². The molecule has 0 atom stereocenters. The Bertz CT molecular complexity index is 451. The molecule has 0 saturated heterocycles. The van der Waals surface area contributed by atoms with Gasteiger partial charge in [-0.05, 0) is 51.4 Å². The summed E-state index contributed by atoms with van der Waals surface area (Å²) in [5, 5.41) is 0. The third-order valence-electron chi connectivity index (χ3n) is 9.51. The van der Waals surface area contributed by atoms with E-state index in [0.717, 1.165) is 0 Å². The lowest BCUT2D eigenvalue weighted by molar-refractivity contribution is -0.891. The van der Waals surface area contributed by atoms with E-state index in [9.17, 15) is 0 Å². The van der Waals surface area contributed by atoms with Crippen molar-refractivity contribution in [3.8, 4) is 0 Å². The summed E-state index contributed by atoms with van der Waals surface area (Å²) >= 11 is 0. The molecule has 0 saturated carbocycles. The van der Waals surface area contributed by atoms with E-state index < -0.39 is 0 Å². The van der Waals surface area contributed by atoms with Gasteiger partial charge in [0.25, 0.3) is 0 Å². The molecule has 0 rings (SSSR count). The molecule has 0 aromatic carbocycles. The maximum Gasteiger partial charge on any atom is 0.0782 e. The van der Waals surface area contributed by atoms with Gasteiger partial charge in [0.15, 0.2) is 0 Å². The molecule has 0 aliphatic carbocycles. The van der Waals surface area contributed by atoms with E-state index in [2.05, 4.69) is 42.0 Å². The minimum Gasteiger partial charge on any atom is -1.00 e. The molecule has 0 aliphatic rings. The van der Waals surface area contributed by atoms with Crippen molar-refractivity contribution in [2.45, 2.75) is 194 Å². The molecule has 0 N–H and O–H groups in total. The van der Waals surface area contributed by atoms with Crippen LogP contribution in [0.2, 0.25) is 0 Å². The molecule has 0 aromatic heterocycles. The highest BCUT2D eigenvalue weighted by atomic mass is 127. The Labute approximate surface area is 302 Å². The van der Waals surface area contributed by atoms with Crippen LogP contribution in [-0.4, -0.2) is 63.3 Å². The molecule has 0 fully saturated rings. The Morgan fingerprint density at radius 3 is 0.548 bits per heavy atom. The highest BCUT2D eigenvalue weighted by Crippen LogP contribution is 2.15. The van der Waals surface area contributed by atoms with E-state index in [0.29, 0.717) is 0 Å². The second-order valence-corrected chi connectivity index (χ2v) is 15.0. The minimum absolute atomic E-state index is 0. The van der Waals surface area contributed by atoms with Gasteiger partial charge >= 0.3 is 0 Å². The number of nitrogens with zero attached hydrogens (tertiary/aromatic N) is 2. The highest BCUT2D eigenvalue weighted by Gasteiger charge is 2.15. The topological polar surface area (TPSA) is 0 Å². The lowest BCUT2D eigenvalue weighted by atomic mass is 10.0. The molecule has 0 spiro atoms. The monoisotopic (exact) mass is 820 g/mol. The summed E-state index contributed by atoms with van der Waals surface area (Å²) in [7, 11) is 9.86.